The second-order valence-electron chi connectivity index (χ2n) is 10.3. The number of fused-ring (bicyclic) bond motifs is 5. The molecule has 1 saturated heterocycles. The third kappa shape index (κ3) is 4.17. The minimum absolute atomic E-state index is 0.0579. The molecule has 2 aromatic carbocycles. The summed E-state index contributed by atoms with van der Waals surface area (Å²) in [5, 5.41) is 21.1. The lowest BCUT2D eigenvalue weighted by molar-refractivity contribution is -0.127. The highest BCUT2D eigenvalue weighted by atomic mass is 16.5. The summed E-state index contributed by atoms with van der Waals surface area (Å²) in [5.41, 5.74) is 6.92. The highest BCUT2D eigenvalue weighted by molar-refractivity contribution is 6.02. The van der Waals surface area contributed by atoms with E-state index in [1.54, 1.807) is 0 Å². The van der Waals surface area contributed by atoms with Crippen LogP contribution < -0.4 is 0 Å². The molecule has 1 amide bonds. The van der Waals surface area contributed by atoms with E-state index in [1.165, 1.54) is 30.5 Å². The lowest BCUT2D eigenvalue weighted by Gasteiger charge is -2.24. The summed E-state index contributed by atoms with van der Waals surface area (Å²) in [6.07, 6.45) is 7.42. The topological polar surface area (TPSA) is 74.9 Å². The number of ether oxygens (including phenoxy) is 1. The van der Waals surface area contributed by atoms with Gasteiger partial charge < -0.3 is 24.4 Å². The molecule has 3 aliphatic rings. The van der Waals surface area contributed by atoms with Crippen LogP contribution in [-0.2, 0) is 16.1 Å². The van der Waals surface area contributed by atoms with Gasteiger partial charge in [0.2, 0.25) is 0 Å². The van der Waals surface area contributed by atoms with E-state index < -0.39 is 6.29 Å². The molecule has 3 heterocycles. The van der Waals surface area contributed by atoms with Crippen LogP contribution >= 0.6 is 0 Å². The predicted octanol–water partition coefficient (Wildman–Crippen LogP) is 4.99. The Bertz CT molecular complexity index is 1310. The number of aliphatic hydroxyl groups excluding tert-OH is 1. The smallest absolute Gasteiger partial charge is 0.251 e. The molecule has 2 N–H and O–H groups in total. The van der Waals surface area contributed by atoms with E-state index in [-0.39, 0.29) is 5.91 Å². The Morgan fingerprint density at radius 2 is 1.81 bits per heavy atom. The van der Waals surface area contributed by atoms with Crippen molar-refractivity contribution in [2.45, 2.75) is 57.3 Å². The minimum Gasteiger partial charge on any atom is -0.380 e. The third-order valence-corrected chi connectivity index (χ3v) is 8.10. The maximum Gasteiger partial charge on any atom is 0.251 e. The molecule has 188 valence electrons. The number of hydrogen-bond acceptors (Lipinski definition) is 4. The number of carbonyl (C=O) groups excluding carboxylic acids is 1. The van der Waals surface area contributed by atoms with Crippen LogP contribution in [0, 0.1) is 0 Å². The highest BCUT2D eigenvalue weighted by Crippen LogP contribution is 2.46. The van der Waals surface area contributed by atoms with Gasteiger partial charge in [0.1, 0.15) is 0 Å². The summed E-state index contributed by atoms with van der Waals surface area (Å²) < 4.78 is 7.86. The molecule has 6 nitrogen and oxygen atoms in total. The maximum atomic E-state index is 13.8. The van der Waals surface area contributed by atoms with Crippen LogP contribution in [-0.4, -0.2) is 51.9 Å². The second kappa shape index (κ2) is 9.85. The van der Waals surface area contributed by atoms with Gasteiger partial charge in [-0.05, 0) is 48.4 Å². The third-order valence-electron chi connectivity index (χ3n) is 8.10. The van der Waals surface area contributed by atoms with Gasteiger partial charge in [0.05, 0.1) is 18.8 Å². The second-order valence-corrected chi connectivity index (χ2v) is 10.3. The van der Waals surface area contributed by atoms with E-state index in [2.05, 4.69) is 34.9 Å². The maximum absolute atomic E-state index is 13.8. The van der Waals surface area contributed by atoms with Gasteiger partial charge in [0.25, 0.3) is 5.91 Å². The number of aromatic nitrogens is 1. The van der Waals surface area contributed by atoms with Gasteiger partial charge in [0.15, 0.2) is 6.29 Å². The molecule has 0 bridgehead atoms. The van der Waals surface area contributed by atoms with Gasteiger partial charge >= 0.3 is 0 Å². The fourth-order valence-electron chi connectivity index (χ4n) is 6.34. The Hall–Kier alpha value is -2.93. The van der Waals surface area contributed by atoms with Crippen LogP contribution in [0.1, 0.15) is 67.4 Å². The lowest BCUT2D eigenvalue weighted by Crippen LogP contribution is -2.35. The van der Waals surface area contributed by atoms with Crippen LogP contribution in [0.25, 0.3) is 28.2 Å². The van der Waals surface area contributed by atoms with E-state index in [0.29, 0.717) is 44.3 Å². The first-order valence-electron chi connectivity index (χ1n) is 13.3. The molecular weight excluding hydrogens is 452 g/mol. The van der Waals surface area contributed by atoms with Crippen LogP contribution in [0.2, 0.25) is 0 Å². The highest BCUT2D eigenvalue weighted by Gasteiger charge is 2.31. The molecule has 36 heavy (non-hydrogen) atoms. The van der Waals surface area contributed by atoms with Crippen LogP contribution in [0.4, 0.5) is 0 Å². The molecule has 0 radical (unpaired) electrons. The van der Waals surface area contributed by atoms with E-state index >= 15 is 0 Å². The van der Waals surface area contributed by atoms with Crippen molar-refractivity contribution >= 4 is 22.9 Å². The van der Waals surface area contributed by atoms with Gasteiger partial charge in [-0.2, -0.15) is 0 Å². The molecule has 3 aromatic rings. The van der Waals surface area contributed by atoms with E-state index in [1.807, 2.05) is 23.1 Å². The van der Waals surface area contributed by atoms with Crippen LogP contribution in [0.5, 0.6) is 0 Å². The summed E-state index contributed by atoms with van der Waals surface area (Å²) in [4.78, 5) is 15.7. The Balaban J connectivity index is 1.56. The number of nitrogens with zero attached hydrogens (tertiary/aromatic N) is 2. The van der Waals surface area contributed by atoms with Crippen molar-refractivity contribution in [2.24, 2.45) is 0 Å². The molecule has 1 saturated carbocycles. The van der Waals surface area contributed by atoms with Crippen molar-refractivity contribution in [1.29, 1.82) is 0 Å². The number of benzene rings is 2. The van der Waals surface area contributed by atoms with Crippen LogP contribution in [0.3, 0.4) is 0 Å². The van der Waals surface area contributed by atoms with Crippen molar-refractivity contribution in [3.8, 4) is 11.3 Å². The summed E-state index contributed by atoms with van der Waals surface area (Å²) in [5.74, 6) is 0.512. The lowest BCUT2D eigenvalue weighted by atomic mass is 9.81. The Kier molecular flexibility index (Phi) is 6.42. The average molecular weight is 487 g/mol. The molecular formula is C30H34N2O4. The molecule has 1 aromatic heterocycles. The molecule has 0 atom stereocenters. The summed E-state index contributed by atoms with van der Waals surface area (Å²) in [6.45, 7) is 3.01. The quantitative estimate of drug-likeness (QED) is 0.512. The Morgan fingerprint density at radius 1 is 0.972 bits per heavy atom. The zero-order valence-electron chi connectivity index (χ0n) is 20.7. The molecule has 2 aliphatic heterocycles. The standard InChI is InChI=1S/C30H34N2O4/c33-29(31-13-6-15-36-16-14-31)23-17-21-9-4-5-10-24(21)28-27(20-7-2-1-3-8-20)25-12-11-22(30(34)35)18-26(25)32(28)19-23/h4-5,9-12,17-18,20,30,34-35H,1-3,6-8,13-16,19H2. The van der Waals surface area contributed by atoms with E-state index in [9.17, 15) is 15.0 Å². The van der Waals surface area contributed by atoms with Gasteiger partial charge in [0, 0.05) is 47.3 Å². The fraction of sp³-hybridized carbons (Fsp3) is 0.433. The molecule has 1 aliphatic carbocycles. The van der Waals surface area contributed by atoms with E-state index in [0.717, 1.165) is 46.9 Å². The summed E-state index contributed by atoms with van der Waals surface area (Å²) >= 11 is 0. The number of aliphatic hydroxyl groups is 2. The normalized spacial score (nSPS) is 19.0. The number of carbonyl (C=O) groups is 1. The largest absolute Gasteiger partial charge is 0.380 e. The SMILES string of the molecule is O=C(C1=Cc2ccccc2-c2c(C3CCCCC3)c3ccc(C(O)O)cc3n2C1)N1CCCOCC1. The monoisotopic (exact) mass is 486 g/mol. The van der Waals surface area contributed by atoms with Gasteiger partial charge in [-0.1, -0.05) is 55.7 Å². The molecule has 6 heteroatoms. The summed E-state index contributed by atoms with van der Waals surface area (Å²) in [7, 11) is 0. The van der Waals surface area contributed by atoms with Crippen molar-refractivity contribution in [3.63, 3.8) is 0 Å². The first-order chi connectivity index (χ1) is 17.6. The molecule has 0 unspecified atom stereocenters. The van der Waals surface area contributed by atoms with Gasteiger partial charge in [-0.25, -0.2) is 0 Å². The van der Waals surface area contributed by atoms with Gasteiger partial charge in [-0.15, -0.1) is 0 Å². The molecule has 2 fully saturated rings. The van der Waals surface area contributed by atoms with Crippen LogP contribution in [0.15, 0.2) is 48.0 Å². The molecule has 6 rings (SSSR count). The average Bonchev–Trinajstić information content (AvgIpc) is 3.08. The Labute approximate surface area is 211 Å². The first kappa shape index (κ1) is 23.5. The Morgan fingerprint density at radius 3 is 2.64 bits per heavy atom. The van der Waals surface area contributed by atoms with Crippen molar-refractivity contribution in [1.82, 2.24) is 9.47 Å². The van der Waals surface area contributed by atoms with Crippen molar-refractivity contribution < 1.29 is 19.7 Å². The number of rotatable bonds is 3. The molecule has 0 spiro atoms. The minimum atomic E-state index is -1.54. The van der Waals surface area contributed by atoms with E-state index in [4.69, 9.17) is 4.74 Å². The van der Waals surface area contributed by atoms with Gasteiger partial charge in [-0.3, -0.25) is 4.79 Å². The summed E-state index contributed by atoms with van der Waals surface area (Å²) in [6, 6.07) is 14.1. The first-order valence-corrected chi connectivity index (χ1v) is 13.3. The zero-order chi connectivity index (χ0) is 24.6. The fourth-order valence-corrected chi connectivity index (χ4v) is 6.34. The predicted molar refractivity (Wildman–Crippen MR) is 140 cm³/mol. The number of hydrogen-bond donors (Lipinski definition) is 2. The van der Waals surface area contributed by atoms with Crippen molar-refractivity contribution in [3.05, 3.63) is 64.7 Å². The number of amides is 1. The van der Waals surface area contributed by atoms with Crippen molar-refractivity contribution in [2.75, 3.05) is 26.3 Å². The zero-order valence-corrected chi connectivity index (χ0v) is 20.7.